The second kappa shape index (κ2) is 5.68. The Kier molecular flexibility index (Phi) is 3.99. The Morgan fingerprint density at radius 2 is 1.94 bits per heavy atom. The van der Waals surface area contributed by atoms with Gasteiger partial charge in [-0.05, 0) is 51.2 Å². The second-order valence-corrected chi connectivity index (χ2v) is 6.03. The van der Waals surface area contributed by atoms with Gasteiger partial charge in [-0.3, -0.25) is 4.90 Å². The zero-order valence-electron chi connectivity index (χ0n) is 10.9. The Morgan fingerprint density at radius 1 is 1.00 bits per heavy atom. The highest BCUT2D eigenvalue weighted by atomic mass is 16.5. The topological polar surface area (TPSA) is 15.7 Å². The lowest BCUT2D eigenvalue weighted by molar-refractivity contribution is 0.126. The van der Waals surface area contributed by atoms with Crippen molar-refractivity contribution in [3.63, 3.8) is 0 Å². The van der Waals surface area contributed by atoms with Gasteiger partial charge in [0.2, 0.25) is 0 Å². The van der Waals surface area contributed by atoms with Crippen molar-refractivity contribution in [2.75, 3.05) is 45.9 Å². The highest BCUT2D eigenvalue weighted by Crippen LogP contribution is 2.22. The van der Waals surface area contributed by atoms with E-state index in [1.807, 2.05) is 0 Å². The minimum Gasteiger partial charge on any atom is -0.381 e. The van der Waals surface area contributed by atoms with E-state index in [4.69, 9.17) is 4.74 Å². The summed E-state index contributed by atoms with van der Waals surface area (Å²) in [5.74, 6) is 0.810. The normalized spacial score (nSPS) is 36.7. The number of hydrogen-bond acceptors (Lipinski definition) is 3. The Hall–Kier alpha value is -0.120. The molecule has 0 aromatic heterocycles. The third kappa shape index (κ3) is 3.01. The maximum atomic E-state index is 5.50. The molecular formula is C14H26N2O. The fraction of sp³-hybridized carbons (Fsp3) is 1.00. The van der Waals surface area contributed by atoms with Crippen LogP contribution in [-0.2, 0) is 4.74 Å². The van der Waals surface area contributed by atoms with Crippen molar-refractivity contribution in [1.29, 1.82) is 0 Å². The zero-order chi connectivity index (χ0) is 11.5. The maximum Gasteiger partial charge on any atom is 0.0507 e. The van der Waals surface area contributed by atoms with Gasteiger partial charge in [-0.1, -0.05) is 6.42 Å². The van der Waals surface area contributed by atoms with E-state index in [-0.39, 0.29) is 0 Å². The molecule has 17 heavy (non-hydrogen) atoms. The van der Waals surface area contributed by atoms with Crippen molar-refractivity contribution in [2.24, 2.45) is 5.92 Å². The third-order valence-electron chi connectivity index (χ3n) is 4.68. The predicted molar refractivity (Wildman–Crippen MR) is 69.2 cm³/mol. The van der Waals surface area contributed by atoms with E-state index in [2.05, 4.69) is 9.80 Å². The lowest BCUT2D eigenvalue weighted by Crippen LogP contribution is -2.44. The summed E-state index contributed by atoms with van der Waals surface area (Å²) in [5.41, 5.74) is 0. The fourth-order valence-corrected chi connectivity index (χ4v) is 3.71. The molecule has 0 radical (unpaired) electrons. The molecule has 98 valence electrons. The summed E-state index contributed by atoms with van der Waals surface area (Å²) in [7, 11) is 0. The molecule has 0 amide bonds. The van der Waals surface area contributed by atoms with E-state index in [1.54, 1.807) is 0 Å². The molecule has 2 atom stereocenters. The molecule has 3 heteroatoms. The van der Waals surface area contributed by atoms with Crippen LogP contribution in [0.1, 0.15) is 32.1 Å². The van der Waals surface area contributed by atoms with Crippen LogP contribution >= 0.6 is 0 Å². The van der Waals surface area contributed by atoms with Crippen LogP contribution in [0.15, 0.2) is 0 Å². The second-order valence-electron chi connectivity index (χ2n) is 6.03. The molecule has 3 aliphatic rings. The molecule has 0 spiro atoms. The van der Waals surface area contributed by atoms with Gasteiger partial charge in [0.05, 0.1) is 6.61 Å². The average molecular weight is 238 g/mol. The van der Waals surface area contributed by atoms with Gasteiger partial charge in [0.15, 0.2) is 0 Å². The smallest absolute Gasteiger partial charge is 0.0507 e. The highest BCUT2D eigenvalue weighted by Gasteiger charge is 2.28. The van der Waals surface area contributed by atoms with Crippen LogP contribution < -0.4 is 0 Å². The first-order valence-corrected chi connectivity index (χ1v) is 7.46. The Labute approximate surface area is 105 Å². The van der Waals surface area contributed by atoms with Crippen molar-refractivity contribution < 1.29 is 4.74 Å². The maximum absolute atomic E-state index is 5.50. The third-order valence-corrected chi connectivity index (χ3v) is 4.68. The minimum absolute atomic E-state index is 0.810. The molecule has 0 aliphatic carbocycles. The highest BCUT2D eigenvalue weighted by molar-refractivity contribution is 4.84. The standard InChI is InChI=1S/C14H26N2O/c1-2-7-16-8-3-6-15(11-14(16)4-1)10-13-5-9-17-12-13/h13-14H,1-12H2. The van der Waals surface area contributed by atoms with Gasteiger partial charge in [-0.25, -0.2) is 0 Å². The summed E-state index contributed by atoms with van der Waals surface area (Å²) >= 11 is 0. The van der Waals surface area contributed by atoms with Crippen molar-refractivity contribution in [3.05, 3.63) is 0 Å². The first-order chi connectivity index (χ1) is 8.42. The van der Waals surface area contributed by atoms with Crippen LogP contribution in [-0.4, -0.2) is 61.8 Å². The molecular weight excluding hydrogens is 212 g/mol. The number of ether oxygens (including phenoxy) is 1. The van der Waals surface area contributed by atoms with E-state index in [0.717, 1.165) is 25.2 Å². The van der Waals surface area contributed by atoms with Crippen molar-refractivity contribution in [1.82, 2.24) is 9.80 Å². The molecule has 0 N–H and O–H groups in total. The number of fused-ring (bicyclic) bond motifs is 1. The summed E-state index contributed by atoms with van der Waals surface area (Å²) in [4.78, 5) is 5.46. The number of rotatable bonds is 2. The first kappa shape index (κ1) is 11.9. The van der Waals surface area contributed by atoms with E-state index >= 15 is 0 Å². The van der Waals surface area contributed by atoms with Crippen LogP contribution in [0.2, 0.25) is 0 Å². The van der Waals surface area contributed by atoms with E-state index in [1.165, 1.54) is 64.8 Å². The zero-order valence-corrected chi connectivity index (χ0v) is 10.9. The molecule has 0 saturated carbocycles. The Morgan fingerprint density at radius 3 is 2.82 bits per heavy atom. The van der Waals surface area contributed by atoms with Gasteiger partial charge in [-0.15, -0.1) is 0 Å². The molecule has 3 fully saturated rings. The van der Waals surface area contributed by atoms with Crippen molar-refractivity contribution >= 4 is 0 Å². The molecule has 0 bridgehead atoms. The van der Waals surface area contributed by atoms with Gasteiger partial charge < -0.3 is 9.64 Å². The number of piperidine rings is 1. The van der Waals surface area contributed by atoms with Gasteiger partial charge in [0.1, 0.15) is 0 Å². The van der Waals surface area contributed by atoms with Crippen LogP contribution in [0.25, 0.3) is 0 Å². The van der Waals surface area contributed by atoms with Gasteiger partial charge >= 0.3 is 0 Å². The fourth-order valence-electron chi connectivity index (χ4n) is 3.71. The van der Waals surface area contributed by atoms with Gasteiger partial charge in [0, 0.05) is 25.7 Å². The molecule has 0 aromatic rings. The lowest BCUT2D eigenvalue weighted by atomic mass is 10.0. The molecule has 3 heterocycles. The molecule has 3 saturated heterocycles. The van der Waals surface area contributed by atoms with E-state index < -0.39 is 0 Å². The molecule has 3 nitrogen and oxygen atoms in total. The summed E-state index contributed by atoms with van der Waals surface area (Å²) < 4.78 is 5.50. The summed E-state index contributed by atoms with van der Waals surface area (Å²) in [5, 5.41) is 0. The molecule has 2 unspecified atom stereocenters. The van der Waals surface area contributed by atoms with Crippen molar-refractivity contribution in [3.8, 4) is 0 Å². The van der Waals surface area contributed by atoms with E-state index in [9.17, 15) is 0 Å². The van der Waals surface area contributed by atoms with Crippen LogP contribution in [0.3, 0.4) is 0 Å². The van der Waals surface area contributed by atoms with Gasteiger partial charge in [0.25, 0.3) is 0 Å². The average Bonchev–Trinajstić information content (AvgIpc) is 2.76. The quantitative estimate of drug-likeness (QED) is 0.726. The molecule has 3 aliphatic heterocycles. The SMILES string of the molecule is C1CCN2CCCN(CC3CCOC3)CC2C1. The van der Waals surface area contributed by atoms with Crippen LogP contribution in [0, 0.1) is 5.92 Å². The van der Waals surface area contributed by atoms with Gasteiger partial charge in [-0.2, -0.15) is 0 Å². The lowest BCUT2D eigenvalue weighted by Gasteiger charge is -2.35. The van der Waals surface area contributed by atoms with E-state index in [0.29, 0.717) is 0 Å². The molecule has 3 rings (SSSR count). The minimum atomic E-state index is 0.810. The molecule has 0 aromatic carbocycles. The van der Waals surface area contributed by atoms with Crippen molar-refractivity contribution in [2.45, 2.75) is 38.1 Å². The monoisotopic (exact) mass is 238 g/mol. The van der Waals surface area contributed by atoms with Crippen LogP contribution in [0.4, 0.5) is 0 Å². The Balaban J connectivity index is 1.54. The predicted octanol–water partition coefficient (Wildman–Crippen LogP) is 1.58. The summed E-state index contributed by atoms with van der Waals surface area (Å²) in [6.07, 6.45) is 6.95. The summed E-state index contributed by atoms with van der Waals surface area (Å²) in [6, 6.07) is 0.855. The first-order valence-electron chi connectivity index (χ1n) is 7.46. The van der Waals surface area contributed by atoms with Crippen LogP contribution in [0.5, 0.6) is 0 Å². The number of hydrogen-bond donors (Lipinski definition) is 0. The largest absolute Gasteiger partial charge is 0.381 e. The number of nitrogens with zero attached hydrogens (tertiary/aromatic N) is 2. The summed E-state index contributed by atoms with van der Waals surface area (Å²) in [6.45, 7) is 8.59. The Bertz CT molecular complexity index is 240.